The SMILES string of the molecule is COCc1nnc(SCc2ccc(C(=O)NCC(C)C)cc2)n1C(C)COC. The van der Waals surface area contributed by atoms with Crippen molar-refractivity contribution in [2.75, 3.05) is 27.4 Å². The lowest BCUT2D eigenvalue weighted by molar-refractivity contribution is 0.0949. The summed E-state index contributed by atoms with van der Waals surface area (Å²) in [6, 6.07) is 7.79. The Bertz CT molecular complexity index is 746. The molecule has 1 N–H and O–H groups in total. The first kappa shape index (κ1) is 22.4. The van der Waals surface area contributed by atoms with Crippen molar-refractivity contribution < 1.29 is 14.3 Å². The molecule has 28 heavy (non-hydrogen) atoms. The topological polar surface area (TPSA) is 78.3 Å². The van der Waals surface area contributed by atoms with Crippen LogP contribution in [0.2, 0.25) is 0 Å². The number of aromatic nitrogens is 3. The molecular weight excluding hydrogens is 376 g/mol. The largest absolute Gasteiger partial charge is 0.383 e. The van der Waals surface area contributed by atoms with E-state index < -0.39 is 0 Å². The number of carbonyl (C=O) groups excluding carboxylic acids is 1. The van der Waals surface area contributed by atoms with Crippen molar-refractivity contribution in [3.05, 3.63) is 41.2 Å². The van der Waals surface area contributed by atoms with Gasteiger partial charge in [-0.15, -0.1) is 10.2 Å². The van der Waals surface area contributed by atoms with Gasteiger partial charge in [0, 0.05) is 32.1 Å². The molecule has 1 aromatic heterocycles. The Kier molecular flexibility index (Phi) is 8.95. The van der Waals surface area contributed by atoms with Crippen LogP contribution in [0.15, 0.2) is 29.4 Å². The van der Waals surface area contributed by atoms with Crippen LogP contribution >= 0.6 is 11.8 Å². The zero-order valence-corrected chi connectivity index (χ0v) is 18.1. The number of amides is 1. The summed E-state index contributed by atoms with van der Waals surface area (Å²) >= 11 is 1.61. The van der Waals surface area contributed by atoms with Crippen LogP contribution in [0.5, 0.6) is 0 Å². The molecular formula is C20H30N4O3S. The molecule has 0 saturated heterocycles. The Balaban J connectivity index is 2.02. The number of hydrogen-bond acceptors (Lipinski definition) is 6. The lowest BCUT2D eigenvalue weighted by atomic mass is 10.1. The fourth-order valence-corrected chi connectivity index (χ4v) is 3.70. The number of nitrogens with one attached hydrogen (secondary N) is 1. The normalized spacial score (nSPS) is 12.4. The number of hydrogen-bond donors (Lipinski definition) is 1. The summed E-state index contributed by atoms with van der Waals surface area (Å²) in [5.74, 6) is 1.91. The highest BCUT2D eigenvalue weighted by molar-refractivity contribution is 7.98. The third kappa shape index (κ3) is 6.32. The molecule has 8 heteroatoms. The molecule has 0 aliphatic rings. The fourth-order valence-electron chi connectivity index (χ4n) is 2.69. The average Bonchev–Trinajstić information content (AvgIpc) is 3.08. The summed E-state index contributed by atoms with van der Waals surface area (Å²) in [6.07, 6.45) is 0. The molecule has 154 valence electrons. The van der Waals surface area contributed by atoms with Gasteiger partial charge in [0.15, 0.2) is 11.0 Å². The number of carbonyl (C=O) groups is 1. The Morgan fingerprint density at radius 2 is 1.86 bits per heavy atom. The van der Waals surface area contributed by atoms with E-state index in [2.05, 4.69) is 40.9 Å². The number of benzene rings is 1. The quantitative estimate of drug-likeness (QED) is 0.577. The number of thioether (sulfide) groups is 1. The first-order valence-corrected chi connectivity index (χ1v) is 10.4. The van der Waals surface area contributed by atoms with Crippen LogP contribution in [0.4, 0.5) is 0 Å². The van der Waals surface area contributed by atoms with Crippen LogP contribution in [0.1, 0.15) is 48.6 Å². The Morgan fingerprint density at radius 3 is 2.46 bits per heavy atom. The zero-order valence-electron chi connectivity index (χ0n) is 17.3. The molecule has 1 aromatic carbocycles. The van der Waals surface area contributed by atoms with Gasteiger partial charge in [-0.3, -0.25) is 9.36 Å². The van der Waals surface area contributed by atoms with Gasteiger partial charge in [0.25, 0.3) is 5.91 Å². The van der Waals surface area contributed by atoms with E-state index in [4.69, 9.17) is 9.47 Å². The molecule has 0 aliphatic carbocycles. The lowest BCUT2D eigenvalue weighted by Crippen LogP contribution is -2.27. The number of rotatable bonds is 11. The molecule has 2 rings (SSSR count). The third-order valence-electron chi connectivity index (χ3n) is 4.11. The minimum absolute atomic E-state index is 0.0368. The first-order chi connectivity index (χ1) is 13.5. The summed E-state index contributed by atoms with van der Waals surface area (Å²) < 4.78 is 12.6. The van der Waals surface area contributed by atoms with Crippen LogP contribution in [0.25, 0.3) is 0 Å². The average molecular weight is 407 g/mol. The van der Waals surface area contributed by atoms with Crippen LogP contribution in [0, 0.1) is 5.92 Å². The van der Waals surface area contributed by atoms with Crippen molar-refractivity contribution in [3.63, 3.8) is 0 Å². The van der Waals surface area contributed by atoms with Crippen LogP contribution in [0.3, 0.4) is 0 Å². The van der Waals surface area contributed by atoms with Gasteiger partial charge in [-0.1, -0.05) is 37.7 Å². The molecule has 0 fully saturated rings. The highest BCUT2D eigenvalue weighted by Crippen LogP contribution is 2.25. The second-order valence-corrected chi connectivity index (χ2v) is 8.04. The van der Waals surface area contributed by atoms with Crippen molar-refractivity contribution in [2.45, 2.75) is 44.3 Å². The van der Waals surface area contributed by atoms with Crippen LogP contribution < -0.4 is 5.32 Å². The van der Waals surface area contributed by atoms with E-state index in [9.17, 15) is 4.79 Å². The monoisotopic (exact) mass is 406 g/mol. The zero-order chi connectivity index (χ0) is 20.5. The molecule has 0 spiro atoms. The van der Waals surface area contributed by atoms with Crippen molar-refractivity contribution >= 4 is 17.7 Å². The summed E-state index contributed by atoms with van der Waals surface area (Å²) in [5, 5.41) is 12.3. The molecule has 0 saturated carbocycles. The molecule has 1 unspecified atom stereocenters. The maximum Gasteiger partial charge on any atom is 0.251 e. The second-order valence-electron chi connectivity index (χ2n) is 7.10. The number of nitrogens with zero attached hydrogens (tertiary/aromatic N) is 3. The Hall–Kier alpha value is -1.90. The Labute approximate surface area is 171 Å². The van der Waals surface area contributed by atoms with E-state index in [1.54, 1.807) is 26.0 Å². The molecule has 0 aliphatic heterocycles. The van der Waals surface area contributed by atoms with E-state index in [0.717, 1.165) is 22.3 Å². The molecule has 1 heterocycles. The van der Waals surface area contributed by atoms with Gasteiger partial charge in [-0.05, 0) is 30.5 Å². The van der Waals surface area contributed by atoms with E-state index in [1.807, 2.05) is 24.3 Å². The van der Waals surface area contributed by atoms with E-state index in [-0.39, 0.29) is 11.9 Å². The summed E-state index contributed by atoms with van der Waals surface area (Å²) in [5.41, 5.74) is 1.79. The van der Waals surface area contributed by atoms with E-state index >= 15 is 0 Å². The second kappa shape index (κ2) is 11.2. The van der Waals surface area contributed by atoms with E-state index in [0.29, 0.717) is 31.2 Å². The molecule has 1 amide bonds. The van der Waals surface area contributed by atoms with Gasteiger partial charge in [-0.2, -0.15) is 0 Å². The predicted molar refractivity (Wildman–Crippen MR) is 110 cm³/mol. The lowest BCUT2D eigenvalue weighted by Gasteiger charge is -2.17. The highest BCUT2D eigenvalue weighted by Gasteiger charge is 2.18. The third-order valence-corrected chi connectivity index (χ3v) is 5.13. The van der Waals surface area contributed by atoms with Crippen LogP contribution in [-0.4, -0.2) is 48.0 Å². The predicted octanol–water partition coefficient (Wildman–Crippen LogP) is 3.31. The number of methoxy groups -OCH3 is 2. The smallest absolute Gasteiger partial charge is 0.251 e. The van der Waals surface area contributed by atoms with Crippen molar-refractivity contribution in [2.24, 2.45) is 5.92 Å². The van der Waals surface area contributed by atoms with Gasteiger partial charge in [0.1, 0.15) is 6.61 Å². The summed E-state index contributed by atoms with van der Waals surface area (Å²) in [6.45, 7) is 7.87. The van der Waals surface area contributed by atoms with Gasteiger partial charge in [0.2, 0.25) is 0 Å². The van der Waals surface area contributed by atoms with Crippen molar-refractivity contribution in [1.29, 1.82) is 0 Å². The Morgan fingerprint density at radius 1 is 1.14 bits per heavy atom. The van der Waals surface area contributed by atoms with Crippen molar-refractivity contribution in [3.8, 4) is 0 Å². The molecule has 0 bridgehead atoms. The molecule has 1 atom stereocenters. The molecule has 2 aromatic rings. The summed E-state index contributed by atoms with van der Waals surface area (Å²) in [7, 11) is 3.33. The van der Waals surface area contributed by atoms with Gasteiger partial charge < -0.3 is 14.8 Å². The number of ether oxygens (including phenoxy) is 2. The maximum absolute atomic E-state index is 12.1. The first-order valence-electron chi connectivity index (χ1n) is 9.37. The van der Waals surface area contributed by atoms with Crippen LogP contribution in [-0.2, 0) is 21.8 Å². The van der Waals surface area contributed by atoms with E-state index in [1.165, 1.54) is 0 Å². The maximum atomic E-state index is 12.1. The van der Waals surface area contributed by atoms with Gasteiger partial charge >= 0.3 is 0 Å². The standard InChI is InChI=1S/C20H30N4O3S/c1-14(2)10-21-19(25)17-8-6-16(7-9-17)13-28-20-23-22-18(12-27-5)24(20)15(3)11-26-4/h6-9,14-15H,10-13H2,1-5H3,(H,21,25). The summed E-state index contributed by atoms with van der Waals surface area (Å²) in [4.78, 5) is 12.1. The highest BCUT2D eigenvalue weighted by atomic mass is 32.2. The minimum Gasteiger partial charge on any atom is -0.383 e. The van der Waals surface area contributed by atoms with Gasteiger partial charge in [0.05, 0.1) is 12.6 Å². The van der Waals surface area contributed by atoms with Gasteiger partial charge in [-0.25, -0.2) is 0 Å². The fraction of sp³-hybridized carbons (Fsp3) is 0.550. The van der Waals surface area contributed by atoms with Crippen molar-refractivity contribution in [1.82, 2.24) is 20.1 Å². The minimum atomic E-state index is -0.0368. The molecule has 7 nitrogen and oxygen atoms in total. The molecule has 0 radical (unpaired) electrons.